The summed E-state index contributed by atoms with van der Waals surface area (Å²) in [7, 11) is 3.09. The van der Waals surface area contributed by atoms with Gasteiger partial charge in [-0.3, -0.25) is 9.59 Å². The number of aromatic nitrogens is 1. The van der Waals surface area contributed by atoms with E-state index in [1.807, 2.05) is 51.1 Å². The molecule has 0 bridgehead atoms. The lowest BCUT2D eigenvalue weighted by Crippen LogP contribution is -2.18. The van der Waals surface area contributed by atoms with Gasteiger partial charge in [-0.1, -0.05) is 23.9 Å². The van der Waals surface area contributed by atoms with E-state index in [1.165, 1.54) is 18.9 Å². The fourth-order valence-electron chi connectivity index (χ4n) is 3.32. The van der Waals surface area contributed by atoms with Gasteiger partial charge in [-0.15, -0.1) is 0 Å². The van der Waals surface area contributed by atoms with E-state index in [1.54, 1.807) is 25.3 Å². The Morgan fingerprint density at radius 1 is 0.970 bits per heavy atom. The number of amides is 2. The van der Waals surface area contributed by atoms with Crippen LogP contribution in [0.5, 0.6) is 11.5 Å². The maximum Gasteiger partial charge on any atom is 0.258 e. The van der Waals surface area contributed by atoms with Crippen LogP contribution < -0.4 is 20.1 Å². The highest BCUT2D eigenvalue weighted by molar-refractivity contribution is 8.00. The van der Waals surface area contributed by atoms with Crippen LogP contribution in [-0.4, -0.2) is 36.8 Å². The molecule has 2 N–H and O–H groups in total. The molecule has 0 fully saturated rings. The molecule has 33 heavy (non-hydrogen) atoms. The van der Waals surface area contributed by atoms with E-state index in [0.29, 0.717) is 33.5 Å². The van der Waals surface area contributed by atoms with Gasteiger partial charge in [0.15, 0.2) is 0 Å². The summed E-state index contributed by atoms with van der Waals surface area (Å²) in [4.78, 5) is 30.2. The number of benzene rings is 2. The van der Waals surface area contributed by atoms with Crippen molar-refractivity contribution >= 4 is 35.0 Å². The highest BCUT2D eigenvalue weighted by Crippen LogP contribution is 2.30. The molecule has 0 unspecified atom stereocenters. The highest BCUT2D eigenvalue weighted by atomic mass is 32.2. The van der Waals surface area contributed by atoms with Gasteiger partial charge in [0, 0.05) is 17.4 Å². The molecule has 0 aliphatic carbocycles. The number of carbonyl (C=O) groups is 2. The van der Waals surface area contributed by atoms with Crippen molar-refractivity contribution in [2.75, 3.05) is 30.6 Å². The lowest BCUT2D eigenvalue weighted by Gasteiger charge is -2.14. The van der Waals surface area contributed by atoms with Crippen molar-refractivity contribution in [2.45, 2.75) is 25.8 Å². The fraction of sp³-hybridized carbons (Fsp3) is 0.240. The quantitative estimate of drug-likeness (QED) is 0.455. The van der Waals surface area contributed by atoms with Crippen LogP contribution in [0.15, 0.2) is 53.6 Å². The zero-order valence-electron chi connectivity index (χ0n) is 19.3. The molecule has 7 nitrogen and oxygen atoms in total. The van der Waals surface area contributed by atoms with E-state index in [9.17, 15) is 9.59 Å². The Morgan fingerprint density at radius 3 is 2.45 bits per heavy atom. The first-order valence-corrected chi connectivity index (χ1v) is 11.3. The maximum atomic E-state index is 13.1. The predicted octanol–water partition coefficient (Wildman–Crippen LogP) is 5.01. The Balaban J connectivity index is 1.75. The zero-order chi connectivity index (χ0) is 24.0. The van der Waals surface area contributed by atoms with E-state index < -0.39 is 0 Å². The number of nitrogens with one attached hydrogen (secondary N) is 2. The van der Waals surface area contributed by atoms with E-state index in [2.05, 4.69) is 15.6 Å². The average molecular weight is 466 g/mol. The SMILES string of the molecule is COc1ccc(NC(=O)CSc2nc(C)cc(C)c2C(=O)Nc2cccc(C)c2)c(OC)c1. The summed E-state index contributed by atoms with van der Waals surface area (Å²) in [5, 5.41) is 6.28. The minimum atomic E-state index is -0.259. The second-order valence-electron chi connectivity index (χ2n) is 7.49. The fourth-order valence-corrected chi connectivity index (χ4v) is 4.27. The van der Waals surface area contributed by atoms with Crippen molar-refractivity contribution in [1.82, 2.24) is 4.98 Å². The molecule has 0 aliphatic heterocycles. The third-order valence-electron chi connectivity index (χ3n) is 4.84. The minimum absolute atomic E-state index is 0.0792. The molecule has 0 radical (unpaired) electrons. The van der Waals surface area contributed by atoms with Crippen LogP contribution in [-0.2, 0) is 4.79 Å². The van der Waals surface area contributed by atoms with Crippen LogP contribution in [0.3, 0.4) is 0 Å². The molecule has 172 valence electrons. The maximum absolute atomic E-state index is 13.1. The third-order valence-corrected chi connectivity index (χ3v) is 5.81. The first kappa shape index (κ1) is 24.1. The van der Waals surface area contributed by atoms with Crippen molar-refractivity contribution < 1.29 is 19.1 Å². The summed E-state index contributed by atoms with van der Waals surface area (Å²) in [5.41, 5.74) is 4.33. The number of rotatable bonds is 8. The topological polar surface area (TPSA) is 89.5 Å². The first-order valence-electron chi connectivity index (χ1n) is 10.3. The summed E-state index contributed by atoms with van der Waals surface area (Å²) in [6.07, 6.45) is 0. The van der Waals surface area contributed by atoms with Crippen LogP contribution in [0.1, 0.15) is 27.2 Å². The number of ether oxygens (including phenoxy) is 2. The van der Waals surface area contributed by atoms with Crippen molar-refractivity contribution in [3.63, 3.8) is 0 Å². The van der Waals surface area contributed by atoms with Crippen LogP contribution in [0.25, 0.3) is 0 Å². The molecule has 0 saturated heterocycles. The summed E-state index contributed by atoms with van der Waals surface area (Å²) in [5.74, 6) is 0.702. The normalized spacial score (nSPS) is 10.5. The molecular weight excluding hydrogens is 438 g/mol. The number of hydrogen-bond donors (Lipinski definition) is 2. The van der Waals surface area contributed by atoms with Gasteiger partial charge >= 0.3 is 0 Å². The van der Waals surface area contributed by atoms with Gasteiger partial charge in [-0.2, -0.15) is 0 Å². The van der Waals surface area contributed by atoms with Crippen molar-refractivity contribution in [3.05, 3.63) is 70.9 Å². The molecule has 2 amide bonds. The van der Waals surface area contributed by atoms with E-state index >= 15 is 0 Å². The molecular formula is C25H27N3O4S. The van der Waals surface area contributed by atoms with Gasteiger partial charge in [0.05, 0.1) is 31.2 Å². The van der Waals surface area contributed by atoms with E-state index in [0.717, 1.165) is 16.8 Å². The van der Waals surface area contributed by atoms with Crippen molar-refractivity contribution in [3.8, 4) is 11.5 Å². The number of nitrogens with zero attached hydrogens (tertiary/aromatic N) is 1. The molecule has 0 saturated carbocycles. The summed E-state index contributed by atoms with van der Waals surface area (Å²) in [6, 6.07) is 14.6. The lowest BCUT2D eigenvalue weighted by atomic mass is 10.1. The van der Waals surface area contributed by atoms with Gasteiger partial charge < -0.3 is 20.1 Å². The van der Waals surface area contributed by atoms with Gasteiger partial charge in [0.25, 0.3) is 5.91 Å². The Hall–Kier alpha value is -3.52. The number of methoxy groups -OCH3 is 2. The molecule has 0 spiro atoms. The molecule has 0 atom stereocenters. The van der Waals surface area contributed by atoms with Crippen LogP contribution in [0.4, 0.5) is 11.4 Å². The molecule has 2 aromatic carbocycles. The standard InChI is InChI=1S/C25H27N3O4S/c1-15-7-6-8-18(11-15)27-24(30)23-16(2)12-17(3)26-25(23)33-14-22(29)28-20-10-9-19(31-4)13-21(20)32-5/h6-13H,14H2,1-5H3,(H,27,30)(H,28,29). The molecule has 1 aromatic heterocycles. The number of hydrogen-bond acceptors (Lipinski definition) is 6. The number of anilines is 2. The Morgan fingerprint density at radius 2 is 1.76 bits per heavy atom. The van der Waals surface area contributed by atoms with Gasteiger partial charge in [0.2, 0.25) is 5.91 Å². The average Bonchev–Trinajstić information content (AvgIpc) is 2.77. The molecule has 0 aliphatic rings. The number of aryl methyl sites for hydroxylation is 3. The second-order valence-corrected chi connectivity index (χ2v) is 8.45. The molecule has 3 rings (SSSR count). The Labute approximate surface area is 197 Å². The predicted molar refractivity (Wildman–Crippen MR) is 132 cm³/mol. The smallest absolute Gasteiger partial charge is 0.258 e. The Kier molecular flexibility index (Phi) is 7.95. The van der Waals surface area contributed by atoms with Gasteiger partial charge in [-0.05, 0) is 62.2 Å². The van der Waals surface area contributed by atoms with Crippen molar-refractivity contribution in [2.24, 2.45) is 0 Å². The summed E-state index contributed by atoms with van der Waals surface area (Å²) in [6.45, 7) is 5.69. The molecule has 8 heteroatoms. The monoisotopic (exact) mass is 465 g/mol. The van der Waals surface area contributed by atoms with Crippen LogP contribution >= 0.6 is 11.8 Å². The second kappa shape index (κ2) is 10.9. The first-order chi connectivity index (χ1) is 15.8. The molecule has 1 heterocycles. The number of carbonyl (C=O) groups excluding carboxylic acids is 2. The molecule has 3 aromatic rings. The van der Waals surface area contributed by atoms with Crippen molar-refractivity contribution in [1.29, 1.82) is 0 Å². The largest absolute Gasteiger partial charge is 0.497 e. The van der Waals surface area contributed by atoms with E-state index in [-0.39, 0.29) is 17.6 Å². The van der Waals surface area contributed by atoms with Gasteiger partial charge in [0.1, 0.15) is 16.5 Å². The number of thioether (sulfide) groups is 1. The number of pyridine rings is 1. The summed E-state index contributed by atoms with van der Waals surface area (Å²) < 4.78 is 10.5. The summed E-state index contributed by atoms with van der Waals surface area (Å²) >= 11 is 1.22. The zero-order valence-corrected chi connectivity index (χ0v) is 20.1. The third kappa shape index (κ3) is 6.26. The highest BCUT2D eigenvalue weighted by Gasteiger charge is 2.19. The van der Waals surface area contributed by atoms with Gasteiger partial charge in [-0.25, -0.2) is 4.98 Å². The van der Waals surface area contributed by atoms with E-state index in [4.69, 9.17) is 9.47 Å². The minimum Gasteiger partial charge on any atom is -0.497 e. The lowest BCUT2D eigenvalue weighted by molar-refractivity contribution is -0.113. The van der Waals surface area contributed by atoms with Crippen LogP contribution in [0, 0.1) is 20.8 Å². The van der Waals surface area contributed by atoms with Crippen LogP contribution in [0.2, 0.25) is 0 Å². The Bertz CT molecular complexity index is 1180.